The first-order chi connectivity index (χ1) is 12.8. The normalized spacial score (nSPS) is 18.7. The second-order valence-electron chi connectivity index (χ2n) is 7.30. The van der Waals surface area contributed by atoms with E-state index >= 15 is 0 Å². The number of nitrogens with zero attached hydrogens (tertiary/aromatic N) is 4. The standard InChI is InChI=1S/C21H24N4O/c22-14-17-15-23-19-7-3-2-6-18(19)20(17)24-12-8-16(9-13-24)21(26)25-10-4-1-5-11-25/h2-3,6-7,15-16H,1,4-5,8-13H2. The van der Waals surface area contributed by atoms with E-state index in [0.717, 1.165) is 68.5 Å². The number of piperidine rings is 2. The van der Waals surface area contributed by atoms with Gasteiger partial charge in [0.25, 0.3) is 0 Å². The second-order valence-corrected chi connectivity index (χ2v) is 7.30. The summed E-state index contributed by atoms with van der Waals surface area (Å²) in [5.74, 6) is 0.465. The van der Waals surface area contributed by atoms with Gasteiger partial charge in [0.2, 0.25) is 5.91 Å². The maximum absolute atomic E-state index is 12.8. The number of amides is 1. The average molecular weight is 348 g/mol. The molecule has 0 aliphatic carbocycles. The molecule has 0 bridgehead atoms. The summed E-state index contributed by atoms with van der Waals surface area (Å²) < 4.78 is 0. The van der Waals surface area contributed by atoms with Crippen LogP contribution in [-0.2, 0) is 4.79 Å². The summed E-state index contributed by atoms with van der Waals surface area (Å²) in [6, 6.07) is 10.3. The minimum absolute atomic E-state index is 0.128. The van der Waals surface area contributed by atoms with E-state index in [9.17, 15) is 10.1 Å². The number of benzene rings is 1. The van der Waals surface area contributed by atoms with Gasteiger partial charge in [-0.2, -0.15) is 5.26 Å². The van der Waals surface area contributed by atoms with Gasteiger partial charge in [-0.3, -0.25) is 9.78 Å². The lowest BCUT2D eigenvalue weighted by molar-refractivity contribution is -0.137. The van der Waals surface area contributed by atoms with Crippen LogP contribution in [0.4, 0.5) is 5.69 Å². The van der Waals surface area contributed by atoms with Crippen molar-refractivity contribution >= 4 is 22.5 Å². The van der Waals surface area contributed by atoms with Gasteiger partial charge in [0.05, 0.1) is 16.8 Å². The van der Waals surface area contributed by atoms with E-state index in [1.165, 1.54) is 6.42 Å². The third-order valence-electron chi connectivity index (χ3n) is 5.70. The lowest BCUT2D eigenvalue weighted by Crippen LogP contribution is -2.44. The van der Waals surface area contributed by atoms with Crippen LogP contribution < -0.4 is 4.90 Å². The Hall–Kier alpha value is -2.61. The number of carbonyl (C=O) groups excluding carboxylic acids is 1. The van der Waals surface area contributed by atoms with Crippen LogP contribution in [0.1, 0.15) is 37.7 Å². The monoisotopic (exact) mass is 348 g/mol. The molecule has 0 atom stereocenters. The molecular weight excluding hydrogens is 324 g/mol. The molecule has 26 heavy (non-hydrogen) atoms. The van der Waals surface area contributed by atoms with Crippen LogP contribution in [0, 0.1) is 17.2 Å². The lowest BCUT2D eigenvalue weighted by atomic mass is 9.93. The predicted octanol–water partition coefficient (Wildman–Crippen LogP) is 3.34. The first kappa shape index (κ1) is 16.8. The van der Waals surface area contributed by atoms with Crippen LogP contribution in [0.3, 0.4) is 0 Å². The molecule has 5 heteroatoms. The molecule has 1 amide bonds. The summed E-state index contributed by atoms with van der Waals surface area (Å²) in [5, 5.41) is 10.6. The van der Waals surface area contributed by atoms with E-state index in [0.29, 0.717) is 11.5 Å². The average Bonchev–Trinajstić information content (AvgIpc) is 2.73. The van der Waals surface area contributed by atoms with Gasteiger partial charge in [0.15, 0.2) is 0 Å². The van der Waals surface area contributed by atoms with E-state index in [4.69, 9.17) is 0 Å². The van der Waals surface area contributed by atoms with Gasteiger partial charge in [-0.25, -0.2) is 0 Å². The van der Waals surface area contributed by atoms with Crippen molar-refractivity contribution in [1.82, 2.24) is 9.88 Å². The van der Waals surface area contributed by atoms with Crippen LogP contribution in [0.25, 0.3) is 10.9 Å². The fourth-order valence-electron chi connectivity index (χ4n) is 4.27. The fraction of sp³-hybridized carbons (Fsp3) is 0.476. The highest BCUT2D eigenvalue weighted by molar-refractivity contribution is 5.94. The number of aromatic nitrogens is 1. The molecule has 1 aromatic carbocycles. The number of nitriles is 1. The van der Waals surface area contributed by atoms with Crippen molar-refractivity contribution in [2.24, 2.45) is 5.92 Å². The molecule has 2 saturated heterocycles. The van der Waals surface area contributed by atoms with E-state index in [-0.39, 0.29) is 5.92 Å². The zero-order valence-electron chi connectivity index (χ0n) is 15.0. The SMILES string of the molecule is N#Cc1cnc2ccccc2c1N1CCC(C(=O)N2CCCCC2)CC1. The van der Waals surface area contributed by atoms with Crippen molar-refractivity contribution in [2.75, 3.05) is 31.1 Å². The third kappa shape index (κ3) is 3.12. The summed E-state index contributed by atoms with van der Waals surface area (Å²) in [5.41, 5.74) is 2.50. The number of anilines is 1. The lowest BCUT2D eigenvalue weighted by Gasteiger charge is -2.37. The Morgan fingerprint density at radius 3 is 2.54 bits per heavy atom. The van der Waals surface area contributed by atoms with Gasteiger partial charge < -0.3 is 9.80 Å². The van der Waals surface area contributed by atoms with Gasteiger partial charge in [0.1, 0.15) is 6.07 Å². The Morgan fingerprint density at radius 2 is 1.81 bits per heavy atom. The summed E-state index contributed by atoms with van der Waals surface area (Å²) in [6.45, 7) is 3.47. The number of rotatable bonds is 2. The van der Waals surface area contributed by atoms with Crippen molar-refractivity contribution in [3.63, 3.8) is 0 Å². The Labute approximate surface area is 154 Å². The maximum Gasteiger partial charge on any atom is 0.225 e. The molecular formula is C21H24N4O. The predicted molar refractivity (Wildman–Crippen MR) is 102 cm³/mol. The van der Waals surface area contributed by atoms with Gasteiger partial charge in [0, 0.05) is 43.7 Å². The quantitative estimate of drug-likeness (QED) is 0.835. The highest BCUT2D eigenvalue weighted by Gasteiger charge is 2.30. The fourth-order valence-corrected chi connectivity index (χ4v) is 4.27. The van der Waals surface area contributed by atoms with E-state index in [1.54, 1.807) is 6.20 Å². The molecule has 2 aromatic rings. The van der Waals surface area contributed by atoms with Crippen molar-refractivity contribution in [1.29, 1.82) is 5.26 Å². The molecule has 0 spiro atoms. The van der Waals surface area contributed by atoms with Gasteiger partial charge >= 0.3 is 0 Å². The zero-order chi connectivity index (χ0) is 17.9. The number of hydrogen-bond acceptors (Lipinski definition) is 4. The Morgan fingerprint density at radius 1 is 1.08 bits per heavy atom. The van der Waals surface area contributed by atoms with Crippen LogP contribution in [0.15, 0.2) is 30.5 Å². The van der Waals surface area contributed by atoms with Gasteiger partial charge in [-0.1, -0.05) is 18.2 Å². The van der Waals surface area contributed by atoms with E-state index < -0.39 is 0 Å². The first-order valence-corrected chi connectivity index (χ1v) is 9.59. The minimum Gasteiger partial charge on any atom is -0.370 e. The molecule has 3 heterocycles. The molecule has 1 aromatic heterocycles. The number of carbonyl (C=O) groups is 1. The molecule has 0 N–H and O–H groups in total. The molecule has 5 nitrogen and oxygen atoms in total. The Kier molecular flexibility index (Phi) is 4.75. The molecule has 4 rings (SSSR count). The first-order valence-electron chi connectivity index (χ1n) is 9.59. The highest BCUT2D eigenvalue weighted by Crippen LogP contribution is 2.33. The van der Waals surface area contributed by atoms with Crippen molar-refractivity contribution < 1.29 is 4.79 Å². The Bertz CT molecular complexity index is 843. The molecule has 2 fully saturated rings. The number of fused-ring (bicyclic) bond motifs is 1. The maximum atomic E-state index is 12.8. The third-order valence-corrected chi connectivity index (χ3v) is 5.70. The zero-order valence-corrected chi connectivity index (χ0v) is 15.0. The minimum atomic E-state index is 0.128. The largest absolute Gasteiger partial charge is 0.370 e. The molecule has 0 radical (unpaired) electrons. The number of para-hydroxylation sites is 1. The van der Waals surface area contributed by atoms with Crippen LogP contribution in [0.5, 0.6) is 0 Å². The van der Waals surface area contributed by atoms with Gasteiger partial charge in [-0.15, -0.1) is 0 Å². The highest BCUT2D eigenvalue weighted by atomic mass is 16.2. The molecule has 0 unspecified atom stereocenters. The summed E-state index contributed by atoms with van der Waals surface area (Å²) in [7, 11) is 0. The van der Waals surface area contributed by atoms with Crippen LogP contribution >= 0.6 is 0 Å². The van der Waals surface area contributed by atoms with Crippen molar-refractivity contribution in [2.45, 2.75) is 32.1 Å². The Balaban J connectivity index is 1.52. The molecule has 134 valence electrons. The topological polar surface area (TPSA) is 60.2 Å². The molecule has 0 saturated carbocycles. The van der Waals surface area contributed by atoms with Crippen LogP contribution in [0.2, 0.25) is 0 Å². The van der Waals surface area contributed by atoms with Crippen molar-refractivity contribution in [3.05, 3.63) is 36.0 Å². The van der Waals surface area contributed by atoms with E-state index in [1.807, 2.05) is 24.3 Å². The number of hydrogen-bond donors (Lipinski definition) is 0. The molecule has 2 aliphatic heterocycles. The summed E-state index contributed by atoms with van der Waals surface area (Å²) in [6.07, 6.45) is 6.91. The number of likely N-dealkylation sites (tertiary alicyclic amines) is 1. The van der Waals surface area contributed by atoms with Crippen molar-refractivity contribution in [3.8, 4) is 6.07 Å². The second kappa shape index (κ2) is 7.33. The number of pyridine rings is 1. The van der Waals surface area contributed by atoms with Crippen LogP contribution in [-0.4, -0.2) is 42.0 Å². The van der Waals surface area contributed by atoms with E-state index in [2.05, 4.69) is 20.9 Å². The summed E-state index contributed by atoms with van der Waals surface area (Å²) >= 11 is 0. The smallest absolute Gasteiger partial charge is 0.225 e. The van der Waals surface area contributed by atoms with Gasteiger partial charge in [-0.05, 0) is 38.2 Å². The molecule has 2 aliphatic rings. The summed E-state index contributed by atoms with van der Waals surface area (Å²) in [4.78, 5) is 21.5.